The minimum absolute atomic E-state index is 0.0668. The van der Waals surface area contributed by atoms with Crippen LogP contribution in [0.25, 0.3) is 5.65 Å². The number of aromatic nitrogens is 3. The third kappa shape index (κ3) is 3.01. The van der Waals surface area contributed by atoms with Crippen LogP contribution in [0.15, 0.2) is 42.6 Å². The SMILES string of the molecule is COc1ccc(Cl)cc1C(=O)N1CCCC(c2nnc3ccccn23)C1. The molecular weight excluding hydrogens is 352 g/mol. The molecule has 1 atom stereocenters. The van der Waals surface area contributed by atoms with Crippen LogP contribution in [-0.2, 0) is 0 Å². The molecule has 3 heterocycles. The van der Waals surface area contributed by atoms with Crippen LogP contribution < -0.4 is 4.74 Å². The molecule has 0 aliphatic carbocycles. The Kier molecular flexibility index (Phi) is 4.51. The van der Waals surface area contributed by atoms with Gasteiger partial charge in [-0.3, -0.25) is 9.20 Å². The summed E-state index contributed by atoms with van der Waals surface area (Å²) < 4.78 is 7.34. The van der Waals surface area contributed by atoms with Crippen molar-refractivity contribution in [2.75, 3.05) is 20.2 Å². The maximum Gasteiger partial charge on any atom is 0.257 e. The molecule has 1 fully saturated rings. The predicted molar refractivity (Wildman–Crippen MR) is 98.9 cm³/mol. The molecule has 0 N–H and O–H groups in total. The van der Waals surface area contributed by atoms with Crippen LogP contribution in [-0.4, -0.2) is 45.6 Å². The predicted octanol–water partition coefficient (Wildman–Crippen LogP) is 3.41. The number of carbonyl (C=O) groups is 1. The second kappa shape index (κ2) is 6.96. The number of rotatable bonds is 3. The lowest BCUT2D eigenvalue weighted by molar-refractivity contribution is 0.0701. The Morgan fingerprint density at radius 3 is 3.00 bits per heavy atom. The van der Waals surface area contributed by atoms with Gasteiger partial charge in [0.1, 0.15) is 11.6 Å². The van der Waals surface area contributed by atoms with E-state index in [1.54, 1.807) is 25.3 Å². The van der Waals surface area contributed by atoms with E-state index in [4.69, 9.17) is 16.3 Å². The summed E-state index contributed by atoms with van der Waals surface area (Å²) in [5.41, 5.74) is 1.31. The summed E-state index contributed by atoms with van der Waals surface area (Å²) in [4.78, 5) is 14.9. The zero-order valence-corrected chi connectivity index (χ0v) is 15.2. The molecule has 1 saturated heterocycles. The van der Waals surface area contributed by atoms with Crippen LogP contribution in [0.1, 0.15) is 34.9 Å². The highest BCUT2D eigenvalue weighted by molar-refractivity contribution is 6.31. The number of pyridine rings is 1. The van der Waals surface area contributed by atoms with Crippen LogP contribution in [0.3, 0.4) is 0 Å². The molecule has 134 valence electrons. The second-order valence-corrected chi connectivity index (χ2v) is 6.86. The second-order valence-electron chi connectivity index (χ2n) is 6.42. The first-order valence-electron chi connectivity index (χ1n) is 8.60. The molecule has 6 nitrogen and oxygen atoms in total. The molecule has 2 aromatic heterocycles. The Labute approximate surface area is 156 Å². The summed E-state index contributed by atoms with van der Waals surface area (Å²) in [6.07, 6.45) is 3.86. The van der Waals surface area contributed by atoms with Crippen molar-refractivity contribution in [2.45, 2.75) is 18.8 Å². The first-order chi connectivity index (χ1) is 12.7. The fourth-order valence-corrected chi connectivity index (χ4v) is 3.70. The first kappa shape index (κ1) is 16.8. The number of fused-ring (bicyclic) bond motifs is 1. The van der Waals surface area contributed by atoms with Gasteiger partial charge in [-0.15, -0.1) is 10.2 Å². The molecule has 1 aliphatic heterocycles. The number of likely N-dealkylation sites (tertiary alicyclic amines) is 1. The normalized spacial score (nSPS) is 17.5. The summed E-state index contributed by atoms with van der Waals surface area (Å²) in [5, 5.41) is 9.12. The molecule has 3 aromatic rings. The Hall–Kier alpha value is -2.60. The quantitative estimate of drug-likeness (QED) is 0.708. The van der Waals surface area contributed by atoms with Crippen LogP contribution in [0, 0.1) is 0 Å². The minimum atomic E-state index is -0.0668. The van der Waals surface area contributed by atoms with Gasteiger partial charge >= 0.3 is 0 Å². The van der Waals surface area contributed by atoms with Crippen molar-refractivity contribution in [3.63, 3.8) is 0 Å². The van der Waals surface area contributed by atoms with Gasteiger partial charge in [-0.2, -0.15) is 0 Å². The van der Waals surface area contributed by atoms with Crippen LogP contribution in [0.4, 0.5) is 0 Å². The van der Waals surface area contributed by atoms with Crippen LogP contribution in [0.5, 0.6) is 5.75 Å². The van der Waals surface area contributed by atoms with Gasteiger partial charge in [-0.25, -0.2) is 0 Å². The molecule has 7 heteroatoms. The lowest BCUT2D eigenvalue weighted by atomic mass is 9.96. The van der Waals surface area contributed by atoms with Gasteiger partial charge in [0, 0.05) is 30.2 Å². The van der Waals surface area contributed by atoms with E-state index in [0.717, 1.165) is 24.3 Å². The Bertz CT molecular complexity index is 956. The van der Waals surface area contributed by atoms with Crippen molar-refractivity contribution in [1.82, 2.24) is 19.5 Å². The third-order valence-corrected chi connectivity index (χ3v) is 5.04. The number of hydrogen-bond acceptors (Lipinski definition) is 4. The van der Waals surface area contributed by atoms with Gasteiger partial charge in [0.15, 0.2) is 5.65 Å². The Morgan fingerprint density at radius 2 is 2.15 bits per heavy atom. The molecule has 0 saturated carbocycles. The van der Waals surface area contributed by atoms with Crippen molar-refractivity contribution in [2.24, 2.45) is 0 Å². The van der Waals surface area contributed by atoms with E-state index >= 15 is 0 Å². The van der Waals surface area contributed by atoms with Gasteiger partial charge in [-0.05, 0) is 43.2 Å². The smallest absolute Gasteiger partial charge is 0.257 e. The molecule has 1 aromatic carbocycles. The zero-order valence-electron chi connectivity index (χ0n) is 14.4. The first-order valence-corrected chi connectivity index (χ1v) is 8.97. The molecular formula is C19H19ClN4O2. The highest BCUT2D eigenvalue weighted by atomic mass is 35.5. The Morgan fingerprint density at radius 1 is 1.27 bits per heavy atom. The molecule has 0 spiro atoms. The van der Waals surface area contributed by atoms with Gasteiger partial charge in [0.05, 0.1) is 12.7 Å². The molecule has 1 aliphatic rings. The fourth-order valence-electron chi connectivity index (χ4n) is 3.53. The average Bonchev–Trinajstić information content (AvgIpc) is 3.11. The maximum atomic E-state index is 13.1. The number of benzene rings is 1. The van der Waals surface area contributed by atoms with E-state index < -0.39 is 0 Å². The molecule has 1 unspecified atom stereocenters. The summed E-state index contributed by atoms with van der Waals surface area (Å²) >= 11 is 6.08. The number of ether oxygens (including phenoxy) is 1. The highest BCUT2D eigenvalue weighted by Crippen LogP contribution is 2.29. The summed E-state index contributed by atoms with van der Waals surface area (Å²) in [6, 6.07) is 10.9. The van der Waals surface area contributed by atoms with Crippen molar-refractivity contribution < 1.29 is 9.53 Å². The summed E-state index contributed by atoms with van der Waals surface area (Å²) in [7, 11) is 1.56. The van der Waals surface area contributed by atoms with Crippen LogP contribution >= 0.6 is 11.6 Å². The molecule has 26 heavy (non-hydrogen) atoms. The summed E-state index contributed by atoms with van der Waals surface area (Å²) in [6.45, 7) is 1.31. The molecule has 4 rings (SSSR count). The fraction of sp³-hybridized carbons (Fsp3) is 0.316. The highest BCUT2D eigenvalue weighted by Gasteiger charge is 2.29. The van der Waals surface area contributed by atoms with Gasteiger partial charge < -0.3 is 9.64 Å². The van der Waals surface area contributed by atoms with E-state index in [0.29, 0.717) is 29.4 Å². The average molecular weight is 371 g/mol. The molecule has 0 radical (unpaired) electrons. The summed E-state index contributed by atoms with van der Waals surface area (Å²) in [5.74, 6) is 1.52. The largest absolute Gasteiger partial charge is 0.496 e. The molecule has 0 bridgehead atoms. The minimum Gasteiger partial charge on any atom is -0.496 e. The lowest BCUT2D eigenvalue weighted by Gasteiger charge is -2.32. The van der Waals surface area contributed by atoms with Crippen LogP contribution in [0.2, 0.25) is 5.02 Å². The molecule has 1 amide bonds. The van der Waals surface area contributed by atoms with Crippen molar-refractivity contribution in [1.29, 1.82) is 0 Å². The number of piperidine rings is 1. The van der Waals surface area contributed by atoms with E-state index in [9.17, 15) is 4.79 Å². The maximum absolute atomic E-state index is 13.1. The van der Waals surface area contributed by atoms with E-state index in [1.807, 2.05) is 33.7 Å². The van der Waals surface area contributed by atoms with E-state index in [-0.39, 0.29) is 11.8 Å². The van der Waals surface area contributed by atoms with Gasteiger partial charge in [0.25, 0.3) is 5.91 Å². The monoisotopic (exact) mass is 370 g/mol. The van der Waals surface area contributed by atoms with Crippen molar-refractivity contribution in [3.8, 4) is 5.75 Å². The number of nitrogens with zero attached hydrogens (tertiary/aromatic N) is 4. The third-order valence-electron chi connectivity index (χ3n) is 4.81. The van der Waals surface area contributed by atoms with E-state index in [2.05, 4.69) is 10.2 Å². The standard InChI is InChI=1S/C19H19ClN4O2/c1-26-16-8-7-14(20)11-15(16)19(25)23-9-4-5-13(12-23)18-22-21-17-6-2-3-10-24(17)18/h2-3,6-8,10-11,13H,4-5,9,12H2,1H3. The van der Waals surface area contributed by atoms with Gasteiger partial charge in [-0.1, -0.05) is 17.7 Å². The number of hydrogen-bond donors (Lipinski definition) is 0. The number of halogens is 1. The zero-order chi connectivity index (χ0) is 18.1. The van der Waals surface area contributed by atoms with Gasteiger partial charge in [0.2, 0.25) is 0 Å². The van der Waals surface area contributed by atoms with Crippen molar-refractivity contribution in [3.05, 3.63) is 59.0 Å². The number of methoxy groups -OCH3 is 1. The van der Waals surface area contributed by atoms with Crippen molar-refractivity contribution >= 4 is 23.2 Å². The van der Waals surface area contributed by atoms with E-state index in [1.165, 1.54) is 0 Å². The topological polar surface area (TPSA) is 59.7 Å². The number of amides is 1. The Balaban J connectivity index is 1.61. The lowest BCUT2D eigenvalue weighted by Crippen LogP contribution is -2.39. The number of carbonyl (C=O) groups excluding carboxylic acids is 1.